The molecule has 3 heterocycles. The van der Waals surface area contributed by atoms with Crippen LogP contribution in [0.15, 0.2) is 41.8 Å². The zero-order valence-corrected chi connectivity index (χ0v) is 17.2. The molecule has 0 bridgehead atoms. The highest BCUT2D eigenvalue weighted by atomic mass is 32.1. The molecule has 1 N–H and O–H groups in total. The van der Waals surface area contributed by atoms with Crippen LogP contribution in [0.2, 0.25) is 0 Å². The Balaban J connectivity index is 1.43. The average Bonchev–Trinajstić information content (AvgIpc) is 3.34. The van der Waals surface area contributed by atoms with E-state index in [-0.39, 0.29) is 0 Å². The predicted molar refractivity (Wildman–Crippen MR) is 111 cm³/mol. The summed E-state index contributed by atoms with van der Waals surface area (Å²) in [6, 6.07) is 13.4. The van der Waals surface area contributed by atoms with Gasteiger partial charge in [-0.3, -0.25) is 4.57 Å². The van der Waals surface area contributed by atoms with Crippen molar-refractivity contribution < 1.29 is 4.90 Å². The van der Waals surface area contributed by atoms with Crippen LogP contribution >= 0.6 is 23.6 Å². The van der Waals surface area contributed by atoms with Gasteiger partial charge in [0.15, 0.2) is 6.67 Å². The summed E-state index contributed by atoms with van der Waals surface area (Å²) < 4.78 is 5.23. The van der Waals surface area contributed by atoms with Gasteiger partial charge in [-0.1, -0.05) is 30.3 Å². The molecular formula is C21H25N4S2+. The minimum absolute atomic E-state index is 0.505. The summed E-state index contributed by atoms with van der Waals surface area (Å²) in [6.45, 7) is 5.18. The van der Waals surface area contributed by atoms with Crippen molar-refractivity contribution in [2.24, 2.45) is 0 Å². The maximum Gasteiger partial charge on any atom is 0.203 e. The summed E-state index contributed by atoms with van der Waals surface area (Å²) >= 11 is 7.78. The largest absolute Gasteiger partial charge is 0.310 e. The van der Waals surface area contributed by atoms with Crippen molar-refractivity contribution in [3.05, 3.63) is 68.4 Å². The van der Waals surface area contributed by atoms with Gasteiger partial charge >= 0.3 is 0 Å². The molecule has 0 amide bonds. The summed E-state index contributed by atoms with van der Waals surface area (Å²) in [5.74, 6) is 1.78. The van der Waals surface area contributed by atoms with Crippen LogP contribution in [-0.2, 0) is 19.6 Å². The Morgan fingerprint density at radius 1 is 1.22 bits per heavy atom. The normalized spacial score (nSPS) is 22.0. The van der Waals surface area contributed by atoms with E-state index in [0.717, 1.165) is 24.5 Å². The summed E-state index contributed by atoms with van der Waals surface area (Å²) in [5, 5.41) is 7.23. The average molecular weight is 398 g/mol. The molecule has 1 fully saturated rings. The molecular weight excluding hydrogens is 372 g/mol. The van der Waals surface area contributed by atoms with E-state index >= 15 is 0 Å². The van der Waals surface area contributed by atoms with E-state index in [2.05, 4.69) is 58.0 Å². The maximum absolute atomic E-state index is 5.88. The van der Waals surface area contributed by atoms with Gasteiger partial charge < -0.3 is 4.90 Å². The smallest absolute Gasteiger partial charge is 0.203 e. The molecule has 2 atom stereocenters. The van der Waals surface area contributed by atoms with E-state index < -0.39 is 0 Å². The highest BCUT2D eigenvalue weighted by molar-refractivity contribution is 7.71. The molecule has 140 valence electrons. The molecule has 1 unspecified atom stereocenters. The number of fused-ring (bicyclic) bond motifs is 1. The molecule has 0 radical (unpaired) electrons. The van der Waals surface area contributed by atoms with E-state index in [1.165, 1.54) is 36.2 Å². The van der Waals surface area contributed by atoms with Crippen LogP contribution in [0, 0.1) is 4.77 Å². The van der Waals surface area contributed by atoms with Crippen molar-refractivity contribution in [1.82, 2.24) is 14.3 Å². The molecule has 4 nitrogen and oxygen atoms in total. The number of hydrogen-bond acceptors (Lipinski definition) is 3. The summed E-state index contributed by atoms with van der Waals surface area (Å²) in [5.41, 5.74) is 2.80. The Morgan fingerprint density at radius 2 is 2.04 bits per heavy atom. The minimum Gasteiger partial charge on any atom is -0.310 e. The second kappa shape index (κ2) is 7.00. The van der Waals surface area contributed by atoms with Crippen molar-refractivity contribution in [2.45, 2.75) is 51.4 Å². The van der Waals surface area contributed by atoms with Crippen LogP contribution in [-0.4, -0.2) is 20.9 Å². The third kappa shape index (κ3) is 3.30. The molecule has 5 rings (SSSR count). The molecule has 0 saturated heterocycles. The first-order valence-corrected chi connectivity index (χ1v) is 11.1. The lowest BCUT2D eigenvalue weighted by atomic mass is 10.0. The van der Waals surface area contributed by atoms with Gasteiger partial charge in [0.05, 0.1) is 13.1 Å². The van der Waals surface area contributed by atoms with Gasteiger partial charge in [-0.2, -0.15) is 9.78 Å². The van der Waals surface area contributed by atoms with Crippen molar-refractivity contribution in [3.63, 3.8) is 0 Å². The third-order valence-electron chi connectivity index (χ3n) is 5.96. The Morgan fingerprint density at radius 3 is 2.81 bits per heavy atom. The topological polar surface area (TPSA) is 27.2 Å². The monoisotopic (exact) mass is 397 g/mol. The summed E-state index contributed by atoms with van der Waals surface area (Å²) in [7, 11) is 0. The fourth-order valence-electron chi connectivity index (χ4n) is 4.18. The number of nitrogens with one attached hydrogen (secondary N) is 1. The van der Waals surface area contributed by atoms with E-state index in [0.29, 0.717) is 12.0 Å². The quantitative estimate of drug-likeness (QED) is 0.667. The lowest BCUT2D eigenvalue weighted by Crippen LogP contribution is -3.12. The zero-order valence-electron chi connectivity index (χ0n) is 15.6. The van der Waals surface area contributed by atoms with E-state index in [4.69, 9.17) is 17.3 Å². The van der Waals surface area contributed by atoms with Crippen molar-refractivity contribution in [2.75, 3.05) is 6.54 Å². The number of aromatic nitrogens is 3. The molecule has 0 spiro atoms. The van der Waals surface area contributed by atoms with Gasteiger partial charge in [0, 0.05) is 22.8 Å². The minimum atomic E-state index is 0.505. The van der Waals surface area contributed by atoms with Crippen molar-refractivity contribution in [3.8, 4) is 0 Å². The molecule has 2 aliphatic rings. The van der Waals surface area contributed by atoms with Crippen molar-refractivity contribution >= 4 is 23.6 Å². The number of quaternary nitrogens is 1. The molecule has 1 aromatic carbocycles. The van der Waals surface area contributed by atoms with E-state index in [1.807, 2.05) is 11.3 Å². The highest BCUT2D eigenvalue weighted by Gasteiger charge is 2.32. The fourth-order valence-corrected chi connectivity index (χ4v) is 5.42. The number of hydrogen-bond donors (Lipinski definition) is 1. The van der Waals surface area contributed by atoms with Gasteiger partial charge in [0.1, 0.15) is 11.9 Å². The Labute approximate surface area is 169 Å². The Kier molecular flexibility index (Phi) is 4.50. The first kappa shape index (κ1) is 17.3. The van der Waals surface area contributed by atoms with Gasteiger partial charge in [0.2, 0.25) is 4.77 Å². The summed E-state index contributed by atoms with van der Waals surface area (Å²) in [4.78, 5) is 3.12. The van der Waals surface area contributed by atoms with Gasteiger partial charge in [-0.05, 0) is 49.0 Å². The molecule has 3 aromatic rings. The van der Waals surface area contributed by atoms with Gasteiger partial charge in [-0.15, -0.1) is 11.3 Å². The second-order valence-electron chi connectivity index (χ2n) is 7.82. The zero-order chi connectivity index (χ0) is 18.4. The predicted octanol–water partition coefficient (Wildman–Crippen LogP) is 3.56. The molecule has 1 saturated carbocycles. The van der Waals surface area contributed by atoms with Crippen LogP contribution in [0.25, 0.3) is 0 Å². The fraction of sp³-hybridized carbons (Fsp3) is 0.429. The van der Waals surface area contributed by atoms with Crippen LogP contribution in [0.5, 0.6) is 0 Å². The number of rotatable bonds is 5. The van der Waals surface area contributed by atoms with Gasteiger partial charge in [0.25, 0.3) is 0 Å². The Hall–Kier alpha value is -1.76. The van der Waals surface area contributed by atoms with Crippen LogP contribution in [0.3, 0.4) is 0 Å². The van der Waals surface area contributed by atoms with Crippen LogP contribution < -0.4 is 4.90 Å². The molecule has 6 heteroatoms. The molecule has 2 aromatic heterocycles. The SMILES string of the molecule is C[C@@H]1c2ccsc2CC[NH+]1Cn1nc(C2CC2)n(Cc2ccccc2)c1=S. The number of benzene rings is 1. The van der Waals surface area contributed by atoms with Crippen LogP contribution in [0.4, 0.5) is 0 Å². The van der Waals surface area contributed by atoms with Crippen LogP contribution in [0.1, 0.15) is 53.6 Å². The lowest BCUT2D eigenvalue weighted by molar-refractivity contribution is -0.954. The van der Waals surface area contributed by atoms with E-state index in [9.17, 15) is 0 Å². The van der Waals surface area contributed by atoms with Gasteiger partial charge in [-0.25, -0.2) is 0 Å². The Bertz CT molecular complexity index is 997. The first-order chi connectivity index (χ1) is 13.2. The number of thiophene rings is 1. The van der Waals surface area contributed by atoms with E-state index in [1.54, 1.807) is 9.78 Å². The highest BCUT2D eigenvalue weighted by Crippen LogP contribution is 2.39. The number of nitrogens with zero attached hydrogens (tertiary/aromatic N) is 3. The standard InChI is InChI=1S/C21H24N4S2/c1-15-18-10-12-27-19(18)9-11-23(15)14-25-21(26)24(20(22-25)17-7-8-17)13-16-5-3-2-4-6-16/h2-6,10,12,15,17H,7-9,11,13-14H2,1H3/p+1/t15-/m1/s1. The van der Waals surface area contributed by atoms with Crippen molar-refractivity contribution in [1.29, 1.82) is 0 Å². The summed E-state index contributed by atoms with van der Waals surface area (Å²) in [6.07, 6.45) is 3.65. The first-order valence-electron chi connectivity index (χ1n) is 9.83. The third-order valence-corrected chi connectivity index (χ3v) is 7.39. The maximum atomic E-state index is 5.88. The lowest BCUT2D eigenvalue weighted by Gasteiger charge is -2.30. The second-order valence-corrected chi connectivity index (χ2v) is 9.19. The molecule has 1 aliphatic heterocycles. The molecule has 27 heavy (non-hydrogen) atoms. The molecule has 1 aliphatic carbocycles.